The molecule has 0 aliphatic carbocycles. The molecular formula is C18H24N2O. The zero-order valence-electron chi connectivity index (χ0n) is 13.0. The highest BCUT2D eigenvalue weighted by molar-refractivity contribution is 5.57. The van der Waals surface area contributed by atoms with Gasteiger partial charge in [-0.3, -0.25) is 0 Å². The molecule has 0 saturated heterocycles. The summed E-state index contributed by atoms with van der Waals surface area (Å²) in [6.45, 7) is 2.97. The molecule has 3 heteroatoms. The molecule has 3 nitrogen and oxygen atoms in total. The molecule has 0 fully saturated rings. The Morgan fingerprint density at radius 2 is 1.76 bits per heavy atom. The van der Waals surface area contributed by atoms with Crippen LogP contribution in [0.4, 0.5) is 5.69 Å². The second-order valence-corrected chi connectivity index (χ2v) is 5.40. The molecule has 2 aromatic carbocycles. The lowest BCUT2D eigenvalue weighted by molar-refractivity contribution is 0.414. The summed E-state index contributed by atoms with van der Waals surface area (Å²) < 4.78 is 5.40. The van der Waals surface area contributed by atoms with Crippen molar-refractivity contribution in [3.8, 4) is 5.75 Å². The second kappa shape index (κ2) is 7.14. The average Bonchev–Trinajstić information content (AvgIpc) is 2.52. The molecule has 112 valence electrons. The maximum atomic E-state index is 6.28. The zero-order valence-corrected chi connectivity index (χ0v) is 13.0. The maximum Gasteiger partial charge on any atom is 0.142 e. The van der Waals surface area contributed by atoms with Crippen molar-refractivity contribution in [1.29, 1.82) is 0 Å². The van der Waals surface area contributed by atoms with Crippen molar-refractivity contribution in [2.24, 2.45) is 5.73 Å². The predicted octanol–water partition coefficient (Wildman–Crippen LogP) is 3.53. The summed E-state index contributed by atoms with van der Waals surface area (Å²) in [5.74, 6) is 0.893. The molecule has 0 radical (unpaired) electrons. The van der Waals surface area contributed by atoms with E-state index in [9.17, 15) is 0 Å². The van der Waals surface area contributed by atoms with Crippen LogP contribution in [0, 0.1) is 6.92 Å². The molecule has 0 saturated carbocycles. The molecule has 0 aromatic heterocycles. The van der Waals surface area contributed by atoms with Gasteiger partial charge < -0.3 is 15.4 Å². The Bertz CT molecular complexity index is 566. The van der Waals surface area contributed by atoms with Crippen molar-refractivity contribution in [2.45, 2.75) is 19.4 Å². The highest BCUT2D eigenvalue weighted by Gasteiger charge is 2.10. The fourth-order valence-electron chi connectivity index (χ4n) is 2.38. The number of para-hydroxylation sites is 2. The molecule has 0 bridgehead atoms. The molecule has 0 amide bonds. The van der Waals surface area contributed by atoms with Gasteiger partial charge in [-0.1, -0.05) is 42.0 Å². The fourth-order valence-corrected chi connectivity index (χ4v) is 2.38. The van der Waals surface area contributed by atoms with Gasteiger partial charge in [-0.15, -0.1) is 0 Å². The number of hydrogen-bond acceptors (Lipinski definition) is 3. The van der Waals surface area contributed by atoms with Crippen molar-refractivity contribution in [3.63, 3.8) is 0 Å². The molecule has 0 aliphatic rings. The highest BCUT2D eigenvalue weighted by atomic mass is 16.5. The van der Waals surface area contributed by atoms with Gasteiger partial charge >= 0.3 is 0 Å². The van der Waals surface area contributed by atoms with Crippen LogP contribution in [0.2, 0.25) is 0 Å². The van der Waals surface area contributed by atoms with E-state index in [-0.39, 0.29) is 6.04 Å². The van der Waals surface area contributed by atoms with E-state index in [1.165, 1.54) is 11.1 Å². The Morgan fingerprint density at radius 1 is 1.10 bits per heavy atom. The van der Waals surface area contributed by atoms with Crippen molar-refractivity contribution >= 4 is 5.69 Å². The first-order chi connectivity index (χ1) is 10.1. The third kappa shape index (κ3) is 3.99. The number of nitrogens with zero attached hydrogens (tertiary/aromatic N) is 1. The number of anilines is 1. The van der Waals surface area contributed by atoms with Crippen LogP contribution in [0.5, 0.6) is 5.75 Å². The zero-order chi connectivity index (χ0) is 15.2. The normalized spacial score (nSPS) is 12.0. The monoisotopic (exact) mass is 284 g/mol. The van der Waals surface area contributed by atoms with Crippen LogP contribution < -0.4 is 15.4 Å². The number of hydrogen-bond donors (Lipinski definition) is 1. The fraction of sp³-hybridized carbons (Fsp3) is 0.333. The van der Waals surface area contributed by atoms with E-state index in [0.29, 0.717) is 0 Å². The van der Waals surface area contributed by atoms with E-state index in [1.807, 2.05) is 18.2 Å². The minimum Gasteiger partial charge on any atom is -0.495 e. The third-order valence-corrected chi connectivity index (χ3v) is 3.78. The van der Waals surface area contributed by atoms with E-state index >= 15 is 0 Å². The van der Waals surface area contributed by atoms with E-state index in [4.69, 9.17) is 10.5 Å². The quantitative estimate of drug-likeness (QED) is 0.882. The third-order valence-electron chi connectivity index (χ3n) is 3.78. The number of rotatable bonds is 6. The van der Waals surface area contributed by atoms with Crippen LogP contribution in [-0.4, -0.2) is 20.7 Å². The molecule has 0 aliphatic heterocycles. The van der Waals surface area contributed by atoms with Crippen molar-refractivity contribution in [1.82, 2.24) is 0 Å². The first kappa shape index (κ1) is 15.4. The smallest absolute Gasteiger partial charge is 0.142 e. The van der Waals surface area contributed by atoms with Gasteiger partial charge in [0.1, 0.15) is 5.75 Å². The van der Waals surface area contributed by atoms with Gasteiger partial charge in [0.25, 0.3) is 0 Å². The molecular weight excluding hydrogens is 260 g/mol. The minimum atomic E-state index is 0.0581. The summed E-state index contributed by atoms with van der Waals surface area (Å²) in [5, 5.41) is 0. The van der Waals surface area contributed by atoms with E-state index in [0.717, 1.165) is 24.4 Å². The first-order valence-electron chi connectivity index (χ1n) is 7.28. The molecule has 1 atom stereocenters. The van der Waals surface area contributed by atoms with Crippen LogP contribution in [0.1, 0.15) is 23.6 Å². The topological polar surface area (TPSA) is 38.5 Å². The first-order valence-corrected chi connectivity index (χ1v) is 7.28. The number of nitrogens with two attached hydrogens (primary N) is 1. The Morgan fingerprint density at radius 3 is 2.43 bits per heavy atom. The molecule has 1 unspecified atom stereocenters. The largest absolute Gasteiger partial charge is 0.495 e. The van der Waals surface area contributed by atoms with Crippen molar-refractivity contribution < 1.29 is 4.74 Å². The number of ether oxygens (including phenoxy) is 1. The average molecular weight is 284 g/mol. The summed E-state index contributed by atoms with van der Waals surface area (Å²) in [7, 11) is 3.77. The lowest BCUT2D eigenvalue weighted by Crippen LogP contribution is -2.23. The Kier molecular flexibility index (Phi) is 5.23. The Labute approximate surface area is 127 Å². The lowest BCUT2D eigenvalue weighted by Gasteiger charge is -2.23. The summed E-state index contributed by atoms with van der Waals surface area (Å²) in [5.41, 5.74) is 9.83. The van der Waals surface area contributed by atoms with Gasteiger partial charge in [0, 0.05) is 19.6 Å². The number of aryl methyl sites for hydroxylation is 1. The summed E-state index contributed by atoms with van der Waals surface area (Å²) in [4.78, 5) is 2.19. The molecule has 2 aromatic rings. The molecule has 0 spiro atoms. The van der Waals surface area contributed by atoms with Gasteiger partial charge in [0.15, 0.2) is 0 Å². The molecule has 2 rings (SSSR count). The number of methoxy groups -OCH3 is 1. The van der Waals surface area contributed by atoms with Crippen LogP contribution >= 0.6 is 0 Å². The minimum absolute atomic E-state index is 0.0581. The molecule has 2 N–H and O–H groups in total. The van der Waals surface area contributed by atoms with E-state index < -0.39 is 0 Å². The summed E-state index contributed by atoms with van der Waals surface area (Å²) >= 11 is 0. The van der Waals surface area contributed by atoms with Gasteiger partial charge in [-0.25, -0.2) is 0 Å². The standard InChI is InChI=1S/C18H24N2O/c1-14-8-10-15(11-9-14)16(19)12-13-20(2)17-6-4-5-7-18(17)21-3/h4-11,16H,12-13,19H2,1-3H3. The van der Waals surface area contributed by atoms with E-state index in [2.05, 4.69) is 49.2 Å². The molecule has 0 heterocycles. The van der Waals surface area contributed by atoms with Gasteiger partial charge in [0.05, 0.1) is 12.8 Å². The summed E-state index contributed by atoms with van der Waals surface area (Å²) in [6.07, 6.45) is 0.900. The predicted molar refractivity (Wildman–Crippen MR) is 89.0 cm³/mol. The summed E-state index contributed by atoms with van der Waals surface area (Å²) in [6, 6.07) is 16.6. The Balaban J connectivity index is 1.97. The van der Waals surface area contributed by atoms with Gasteiger partial charge in [-0.2, -0.15) is 0 Å². The Hall–Kier alpha value is -2.00. The van der Waals surface area contributed by atoms with Gasteiger partial charge in [-0.05, 0) is 31.0 Å². The van der Waals surface area contributed by atoms with Crippen molar-refractivity contribution in [3.05, 3.63) is 59.7 Å². The number of benzene rings is 2. The van der Waals surface area contributed by atoms with Crippen LogP contribution in [0.25, 0.3) is 0 Å². The highest BCUT2D eigenvalue weighted by Crippen LogP contribution is 2.27. The lowest BCUT2D eigenvalue weighted by atomic mass is 10.0. The van der Waals surface area contributed by atoms with Crippen LogP contribution in [-0.2, 0) is 0 Å². The van der Waals surface area contributed by atoms with Crippen LogP contribution in [0.3, 0.4) is 0 Å². The van der Waals surface area contributed by atoms with Crippen LogP contribution in [0.15, 0.2) is 48.5 Å². The van der Waals surface area contributed by atoms with E-state index in [1.54, 1.807) is 7.11 Å². The second-order valence-electron chi connectivity index (χ2n) is 5.40. The van der Waals surface area contributed by atoms with Gasteiger partial charge in [0.2, 0.25) is 0 Å². The SMILES string of the molecule is COc1ccccc1N(C)CCC(N)c1ccc(C)cc1. The molecule has 21 heavy (non-hydrogen) atoms. The maximum absolute atomic E-state index is 6.28. The van der Waals surface area contributed by atoms with Crippen molar-refractivity contribution in [2.75, 3.05) is 25.6 Å².